The van der Waals surface area contributed by atoms with Gasteiger partial charge in [-0.05, 0) is 35.6 Å². The van der Waals surface area contributed by atoms with Gasteiger partial charge in [0.1, 0.15) is 0 Å². The summed E-state index contributed by atoms with van der Waals surface area (Å²) < 4.78 is 0. The Balaban J connectivity index is 1.92. The van der Waals surface area contributed by atoms with Crippen molar-refractivity contribution in [2.24, 2.45) is 4.99 Å². The van der Waals surface area contributed by atoms with E-state index in [0.29, 0.717) is 5.92 Å². The number of aliphatic imine (C=N–C) groups is 1. The molecule has 130 valence electrons. The molecule has 2 N–H and O–H groups in total. The molecule has 1 aromatic carbocycles. The van der Waals surface area contributed by atoms with E-state index < -0.39 is 0 Å². The Labute approximate surface area is 149 Å². The molecule has 1 unspecified atom stereocenters. The number of thiophene rings is 1. The predicted octanol–water partition coefficient (Wildman–Crippen LogP) is 3.59. The number of anilines is 1. The van der Waals surface area contributed by atoms with Gasteiger partial charge in [-0.2, -0.15) is 0 Å². The van der Waals surface area contributed by atoms with Crippen LogP contribution in [0.3, 0.4) is 0 Å². The summed E-state index contributed by atoms with van der Waals surface area (Å²) in [7, 11) is 5.97. The Morgan fingerprint density at radius 3 is 2.67 bits per heavy atom. The van der Waals surface area contributed by atoms with Gasteiger partial charge in [0.15, 0.2) is 5.96 Å². The van der Waals surface area contributed by atoms with Crippen molar-refractivity contribution in [1.29, 1.82) is 0 Å². The Bertz CT molecular complexity index is 662. The summed E-state index contributed by atoms with van der Waals surface area (Å²) in [5.74, 6) is 1.31. The molecule has 1 aromatic heterocycles. The minimum absolute atomic E-state index is 0.472. The summed E-state index contributed by atoms with van der Waals surface area (Å²) in [4.78, 5) is 7.88. The maximum Gasteiger partial charge on any atom is 0.191 e. The van der Waals surface area contributed by atoms with Crippen molar-refractivity contribution in [3.05, 3.63) is 51.7 Å². The first-order valence-corrected chi connectivity index (χ1v) is 9.14. The highest BCUT2D eigenvalue weighted by atomic mass is 32.1. The second-order valence-corrected chi connectivity index (χ2v) is 7.23. The van der Waals surface area contributed by atoms with Gasteiger partial charge in [-0.25, -0.2) is 0 Å². The van der Waals surface area contributed by atoms with Crippen molar-refractivity contribution < 1.29 is 0 Å². The second-order valence-electron chi connectivity index (χ2n) is 6.25. The molecule has 2 aromatic rings. The molecule has 0 spiro atoms. The van der Waals surface area contributed by atoms with E-state index in [1.54, 1.807) is 11.3 Å². The Morgan fingerprint density at radius 1 is 1.25 bits per heavy atom. The van der Waals surface area contributed by atoms with Gasteiger partial charge in [0.05, 0.1) is 0 Å². The number of nitrogens with zero attached hydrogens (tertiary/aromatic N) is 2. The smallest absolute Gasteiger partial charge is 0.191 e. The van der Waals surface area contributed by atoms with Crippen LogP contribution in [-0.2, 0) is 6.54 Å². The van der Waals surface area contributed by atoms with Gasteiger partial charge in [-0.1, -0.05) is 25.1 Å². The fourth-order valence-corrected chi connectivity index (χ4v) is 3.35. The summed E-state index contributed by atoms with van der Waals surface area (Å²) in [6.07, 6.45) is 0. The molecule has 0 aliphatic heterocycles. The topological polar surface area (TPSA) is 39.7 Å². The van der Waals surface area contributed by atoms with E-state index in [4.69, 9.17) is 0 Å². The van der Waals surface area contributed by atoms with Crippen LogP contribution in [0.1, 0.15) is 28.8 Å². The highest BCUT2D eigenvalue weighted by Crippen LogP contribution is 2.21. The summed E-state index contributed by atoms with van der Waals surface area (Å²) in [5, 5.41) is 8.96. The van der Waals surface area contributed by atoms with Gasteiger partial charge < -0.3 is 15.5 Å². The van der Waals surface area contributed by atoms with Crippen molar-refractivity contribution in [2.45, 2.75) is 26.3 Å². The summed E-state index contributed by atoms with van der Waals surface area (Å²) in [5.41, 5.74) is 3.78. The molecule has 0 saturated heterocycles. The van der Waals surface area contributed by atoms with Crippen LogP contribution in [-0.4, -0.2) is 33.6 Å². The molecule has 1 heterocycles. The lowest BCUT2D eigenvalue weighted by Gasteiger charge is -2.20. The minimum Gasteiger partial charge on any atom is -0.377 e. The SMILES string of the molecule is CN=C(NCc1ccc(C)cc1N(C)C)NCC(C)c1cccs1. The van der Waals surface area contributed by atoms with Crippen molar-refractivity contribution in [2.75, 3.05) is 32.6 Å². The normalized spacial score (nSPS) is 12.8. The number of rotatable bonds is 6. The molecule has 2 rings (SSSR count). The first-order chi connectivity index (χ1) is 11.5. The zero-order valence-electron chi connectivity index (χ0n) is 15.3. The first kappa shape index (κ1) is 18.3. The van der Waals surface area contributed by atoms with Gasteiger partial charge in [0.2, 0.25) is 0 Å². The third-order valence-corrected chi connectivity index (χ3v) is 5.10. The van der Waals surface area contributed by atoms with Gasteiger partial charge in [0, 0.05) is 50.7 Å². The van der Waals surface area contributed by atoms with Crippen molar-refractivity contribution >= 4 is 23.0 Å². The first-order valence-electron chi connectivity index (χ1n) is 8.26. The highest BCUT2D eigenvalue weighted by molar-refractivity contribution is 7.10. The van der Waals surface area contributed by atoms with Gasteiger partial charge in [-0.3, -0.25) is 4.99 Å². The average Bonchev–Trinajstić information content (AvgIpc) is 3.10. The molecule has 0 bridgehead atoms. The molecule has 0 fully saturated rings. The molecular formula is C19H28N4S. The number of hydrogen-bond donors (Lipinski definition) is 2. The van der Waals surface area contributed by atoms with E-state index >= 15 is 0 Å². The third-order valence-electron chi connectivity index (χ3n) is 4.00. The number of guanidine groups is 1. The molecule has 0 amide bonds. The van der Waals surface area contributed by atoms with E-state index in [1.807, 2.05) is 7.05 Å². The van der Waals surface area contributed by atoms with Crippen LogP contribution in [0.5, 0.6) is 0 Å². The summed E-state index contributed by atoms with van der Waals surface area (Å²) >= 11 is 1.80. The van der Waals surface area contributed by atoms with E-state index in [9.17, 15) is 0 Å². The summed E-state index contributed by atoms with van der Waals surface area (Å²) in [6.45, 7) is 5.97. The predicted molar refractivity (Wildman–Crippen MR) is 106 cm³/mol. The van der Waals surface area contributed by atoms with Crippen LogP contribution in [0.15, 0.2) is 40.7 Å². The van der Waals surface area contributed by atoms with Crippen LogP contribution in [0.4, 0.5) is 5.69 Å². The zero-order valence-corrected chi connectivity index (χ0v) is 16.1. The minimum atomic E-state index is 0.472. The molecule has 4 nitrogen and oxygen atoms in total. The highest BCUT2D eigenvalue weighted by Gasteiger charge is 2.09. The van der Waals surface area contributed by atoms with E-state index in [-0.39, 0.29) is 0 Å². The van der Waals surface area contributed by atoms with Gasteiger partial charge >= 0.3 is 0 Å². The van der Waals surface area contributed by atoms with E-state index in [0.717, 1.165) is 19.0 Å². The van der Waals surface area contributed by atoms with Crippen LogP contribution in [0.25, 0.3) is 0 Å². The molecular weight excluding hydrogens is 316 g/mol. The monoisotopic (exact) mass is 344 g/mol. The van der Waals surface area contributed by atoms with E-state index in [2.05, 4.69) is 84.2 Å². The van der Waals surface area contributed by atoms with Gasteiger partial charge in [-0.15, -0.1) is 11.3 Å². The lowest BCUT2D eigenvalue weighted by Crippen LogP contribution is -2.38. The number of hydrogen-bond acceptors (Lipinski definition) is 3. The van der Waals surface area contributed by atoms with Crippen LogP contribution in [0, 0.1) is 6.92 Å². The zero-order chi connectivity index (χ0) is 17.5. The van der Waals surface area contributed by atoms with Crippen LogP contribution >= 0.6 is 11.3 Å². The number of aryl methyl sites for hydroxylation is 1. The lowest BCUT2D eigenvalue weighted by atomic mass is 10.1. The van der Waals surface area contributed by atoms with Crippen LogP contribution < -0.4 is 15.5 Å². The molecule has 0 aliphatic carbocycles. The van der Waals surface area contributed by atoms with Crippen molar-refractivity contribution in [3.63, 3.8) is 0 Å². The number of nitrogens with one attached hydrogen (secondary N) is 2. The van der Waals surface area contributed by atoms with Crippen molar-refractivity contribution in [3.8, 4) is 0 Å². The average molecular weight is 345 g/mol. The summed E-state index contributed by atoms with van der Waals surface area (Å²) in [6, 6.07) is 10.8. The number of benzene rings is 1. The molecule has 1 atom stereocenters. The van der Waals surface area contributed by atoms with Crippen molar-refractivity contribution in [1.82, 2.24) is 10.6 Å². The third kappa shape index (κ3) is 4.99. The Hall–Kier alpha value is -2.01. The Kier molecular flexibility index (Phi) is 6.67. The molecule has 24 heavy (non-hydrogen) atoms. The maximum atomic E-state index is 4.33. The standard InChI is InChI=1S/C19H28N4S/c1-14-8-9-16(17(11-14)23(4)5)13-22-19(20-3)21-12-15(2)18-7-6-10-24-18/h6-11,15H,12-13H2,1-5H3,(H2,20,21,22). The molecule has 5 heteroatoms. The van der Waals surface area contributed by atoms with Gasteiger partial charge in [0.25, 0.3) is 0 Å². The molecule has 0 radical (unpaired) electrons. The molecule has 0 aliphatic rings. The fourth-order valence-electron chi connectivity index (χ4n) is 2.56. The van der Waals surface area contributed by atoms with E-state index in [1.165, 1.54) is 21.7 Å². The fraction of sp³-hybridized carbons (Fsp3) is 0.421. The molecule has 0 saturated carbocycles. The largest absolute Gasteiger partial charge is 0.377 e. The lowest BCUT2D eigenvalue weighted by molar-refractivity contribution is 0.708. The Morgan fingerprint density at radius 2 is 2.04 bits per heavy atom. The maximum absolute atomic E-state index is 4.33. The quantitative estimate of drug-likeness (QED) is 0.621. The second kappa shape index (κ2) is 8.73. The van der Waals surface area contributed by atoms with Crippen LogP contribution in [0.2, 0.25) is 0 Å².